The summed E-state index contributed by atoms with van der Waals surface area (Å²) < 4.78 is 11.4. The number of terminal acetylenes is 1. The fourth-order valence-electron chi connectivity index (χ4n) is 7.28. The van der Waals surface area contributed by atoms with E-state index in [0.717, 1.165) is 110 Å². The van der Waals surface area contributed by atoms with E-state index >= 15 is 0 Å². The molecule has 7 rings (SSSR count). The van der Waals surface area contributed by atoms with Crippen molar-refractivity contribution in [1.82, 2.24) is 9.88 Å². The molecule has 1 aliphatic carbocycles. The van der Waals surface area contributed by atoms with E-state index in [9.17, 15) is 4.79 Å². The van der Waals surface area contributed by atoms with E-state index < -0.39 is 0 Å². The second-order valence-corrected chi connectivity index (χ2v) is 11.1. The number of piperidine rings is 1. The Hall–Kier alpha value is -3.31. The zero-order valence-corrected chi connectivity index (χ0v) is 21.7. The molecule has 3 saturated heterocycles. The third-order valence-electron chi connectivity index (χ3n) is 9.29. The predicted molar refractivity (Wildman–Crippen MR) is 149 cm³/mol. The molecule has 38 heavy (non-hydrogen) atoms. The first kappa shape index (κ1) is 23.8. The molecule has 1 aromatic heterocycles. The molecule has 3 N–H and O–H groups in total. The summed E-state index contributed by atoms with van der Waals surface area (Å²) in [4.78, 5) is 22.7. The predicted octanol–water partition coefficient (Wildman–Crippen LogP) is 3.67. The number of H-pyrrole nitrogens is 1. The first-order valence-corrected chi connectivity index (χ1v) is 13.8. The second-order valence-electron chi connectivity index (χ2n) is 11.1. The van der Waals surface area contributed by atoms with Crippen molar-refractivity contribution >= 4 is 28.1 Å². The molecule has 3 aliphatic heterocycles. The standard InChI is InChI=1S/C31H34N4O3/c1-2-20-17-24-25(19-27(20)35-9-5-22(6-10-35)34-11-15-38-16-12-34)31(7-13-37-14-8-31)30-28(29(24)36)23-4-3-21(32)18-26(23)33-30/h1,3-4,17-19,22,33H,5-16,32H2. The van der Waals surface area contributed by atoms with Crippen LogP contribution >= 0.6 is 0 Å². The number of anilines is 2. The number of benzene rings is 2. The lowest BCUT2D eigenvalue weighted by Crippen LogP contribution is -2.49. The van der Waals surface area contributed by atoms with Gasteiger partial charge < -0.3 is 25.1 Å². The summed E-state index contributed by atoms with van der Waals surface area (Å²) in [7, 11) is 0. The van der Waals surface area contributed by atoms with Gasteiger partial charge in [-0.2, -0.15) is 0 Å². The molecule has 2 aromatic carbocycles. The molecule has 4 heterocycles. The van der Waals surface area contributed by atoms with Crippen molar-refractivity contribution in [1.29, 1.82) is 0 Å². The molecule has 7 nitrogen and oxygen atoms in total. The van der Waals surface area contributed by atoms with Crippen molar-refractivity contribution < 1.29 is 14.3 Å². The smallest absolute Gasteiger partial charge is 0.195 e. The number of aromatic nitrogens is 1. The van der Waals surface area contributed by atoms with Gasteiger partial charge in [-0.15, -0.1) is 6.42 Å². The third kappa shape index (κ3) is 3.59. The summed E-state index contributed by atoms with van der Waals surface area (Å²) >= 11 is 0. The van der Waals surface area contributed by atoms with Gasteiger partial charge in [0.2, 0.25) is 0 Å². The fraction of sp³-hybridized carbons (Fsp3) is 0.452. The normalized spacial score (nSPS) is 21.9. The molecular weight excluding hydrogens is 476 g/mol. The molecule has 1 spiro atoms. The monoisotopic (exact) mass is 510 g/mol. The number of ketones is 1. The van der Waals surface area contributed by atoms with Gasteiger partial charge in [0, 0.05) is 84.3 Å². The van der Waals surface area contributed by atoms with Crippen LogP contribution in [0, 0.1) is 12.3 Å². The van der Waals surface area contributed by atoms with Crippen LogP contribution in [0.2, 0.25) is 0 Å². The van der Waals surface area contributed by atoms with Gasteiger partial charge in [0.15, 0.2) is 5.78 Å². The SMILES string of the molecule is C#Cc1cc2c(cc1N1CCC(N3CCOCC3)CC1)C1(CCOCC1)c1[nH]c3cc(N)ccc3c1C2=O. The van der Waals surface area contributed by atoms with Gasteiger partial charge in [0.05, 0.1) is 24.5 Å². The molecule has 7 heteroatoms. The van der Waals surface area contributed by atoms with Crippen LogP contribution in [-0.2, 0) is 14.9 Å². The maximum absolute atomic E-state index is 14.1. The van der Waals surface area contributed by atoms with Crippen LogP contribution in [0.3, 0.4) is 0 Å². The molecule has 3 aromatic rings. The Morgan fingerprint density at radius 3 is 2.47 bits per heavy atom. The van der Waals surface area contributed by atoms with Crippen molar-refractivity contribution in [3.05, 3.63) is 58.3 Å². The van der Waals surface area contributed by atoms with Crippen molar-refractivity contribution in [2.24, 2.45) is 0 Å². The highest BCUT2D eigenvalue weighted by Crippen LogP contribution is 2.51. The lowest BCUT2D eigenvalue weighted by atomic mass is 9.64. The number of nitrogens with zero attached hydrogens (tertiary/aromatic N) is 2. The Kier molecular flexibility index (Phi) is 5.73. The van der Waals surface area contributed by atoms with E-state index in [1.165, 1.54) is 0 Å². The summed E-state index contributed by atoms with van der Waals surface area (Å²) in [6.45, 7) is 6.91. The molecule has 0 radical (unpaired) electrons. The van der Waals surface area contributed by atoms with E-state index in [-0.39, 0.29) is 11.2 Å². The van der Waals surface area contributed by atoms with E-state index in [1.54, 1.807) is 0 Å². The summed E-state index contributed by atoms with van der Waals surface area (Å²) in [5, 5.41) is 0.923. The van der Waals surface area contributed by atoms with Crippen molar-refractivity contribution in [3.8, 4) is 12.3 Å². The van der Waals surface area contributed by atoms with Gasteiger partial charge in [0.1, 0.15) is 0 Å². The number of fused-ring (bicyclic) bond motifs is 6. The van der Waals surface area contributed by atoms with Crippen LogP contribution in [0.1, 0.15) is 58.4 Å². The Bertz CT molecular complexity index is 1450. The number of carbonyl (C=O) groups excluding carboxylic acids is 1. The van der Waals surface area contributed by atoms with Crippen LogP contribution < -0.4 is 10.6 Å². The largest absolute Gasteiger partial charge is 0.399 e. The van der Waals surface area contributed by atoms with Crippen molar-refractivity contribution in [2.45, 2.75) is 37.1 Å². The van der Waals surface area contributed by atoms with Crippen LogP contribution in [0.25, 0.3) is 10.9 Å². The zero-order valence-electron chi connectivity index (χ0n) is 21.7. The number of morpholine rings is 1. The number of aromatic amines is 1. The third-order valence-corrected chi connectivity index (χ3v) is 9.29. The Balaban J connectivity index is 1.31. The van der Waals surface area contributed by atoms with E-state index in [2.05, 4.69) is 26.8 Å². The number of hydrogen-bond acceptors (Lipinski definition) is 6. The van der Waals surface area contributed by atoms with Gasteiger partial charge in [-0.05, 0) is 55.5 Å². The van der Waals surface area contributed by atoms with Crippen LogP contribution in [0.5, 0.6) is 0 Å². The molecule has 0 saturated carbocycles. The number of nitrogens with one attached hydrogen (secondary N) is 1. The van der Waals surface area contributed by atoms with Gasteiger partial charge in [-0.3, -0.25) is 9.69 Å². The Morgan fingerprint density at radius 2 is 1.74 bits per heavy atom. The highest BCUT2D eigenvalue weighted by Gasteiger charge is 2.47. The number of carbonyl (C=O) groups is 1. The van der Waals surface area contributed by atoms with Gasteiger partial charge >= 0.3 is 0 Å². The lowest BCUT2D eigenvalue weighted by molar-refractivity contribution is 0.0115. The molecule has 196 valence electrons. The number of rotatable bonds is 2. The Labute approximate surface area is 223 Å². The van der Waals surface area contributed by atoms with Gasteiger partial charge in [-0.25, -0.2) is 0 Å². The van der Waals surface area contributed by atoms with Crippen LogP contribution in [-0.4, -0.2) is 74.3 Å². The van der Waals surface area contributed by atoms with Crippen molar-refractivity contribution in [2.75, 3.05) is 63.2 Å². The molecule has 0 unspecified atom stereocenters. The molecule has 0 amide bonds. The molecule has 4 aliphatic rings. The second kappa shape index (κ2) is 9.16. The quantitative estimate of drug-likeness (QED) is 0.404. The Morgan fingerprint density at radius 1 is 1.00 bits per heavy atom. The zero-order chi connectivity index (χ0) is 25.9. The molecular formula is C31H34N4O3. The summed E-state index contributed by atoms with van der Waals surface area (Å²) in [6, 6.07) is 10.6. The minimum Gasteiger partial charge on any atom is -0.399 e. The number of hydrogen-bond donors (Lipinski definition) is 2. The molecule has 3 fully saturated rings. The maximum Gasteiger partial charge on any atom is 0.195 e. The minimum absolute atomic E-state index is 0.0391. The average molecular weight is 511 g/mol. The van der Waals surface area contributed by atoms with E-state index in [0.29, 0.717) is 24.9 Å². The van der Waals surface area contributed by atoms with E-state index in [1.807, 2.05) is 24.3 Å². The van der Waals surface area contributed by atoms with Gasteiger partial charge in [0.25, 0.3) is 0 Å². The number of ether oxygens (including phenoxy) is 2. The van der Waals surface area contributed by atoms with Crippen molar-refractivity contribution in [3.63, 3.8) is 0 Å². The van der Waals surface area contributed by atoms with E-state index in [4.69, 9.17) is 21.6 Å². The summed E-state index contributed by atoms with van der Waals surface area (Å²) in [5.41, 5.74) is 12.8. The number of nitrogens with two attached hydrogens (primary N) is 1. The van der Waals surface area contributed by atoms with Gasteiger partial charge in [-0.1, -0.05) is 12.0 Å². The van der Waals surface area contributed by atoms with Crippen LogP contribution in [0.15, 0.2) is 30.3 Å². The molecule has 0 atom stereocenters. The first-order chi connectivity index (χ1) is 18.6. The topological polar surface area (TPSA) is 83.8 Å². The minimum atomic E-state index is -0.321. The summed E-state index contributed by atoms with van der Waals surface area (Å²) in [5.74, 6) is 2.96. The summed E-state index contributed by atoms with van der Waals surface area (Å²) in [6.07, 6.45) is 9.92. The highest BCUT2D eigenvalue weighted by atomic mass is 16.5. The lowest BCUT2D eigenvalue weighted by Gasteiger charge is -2.43. The molecule has 0 bridgehead atoms. The highest BCUT2D eigenvalue weighted by molar-refractivity contribution is 6.20. The average Bonchev–Trinajstić information content (AvgIpc) is 3.36. The number of nitrogen functional groups attached to an aromatic ring is 1. The fourth-order valence-corrected chi connectivity index (χ4v) is 7.28. The maximum atomic E-state index is 14.1. The first-order valence-electron chi connectivity index (χ1n) is 13.8. The van der Waals surface area contributed by atoms with Crippen LogP contribution in [0.4, 0.5) is 11.4 Å².